The van der Waals surface area contributed by atoms with E-state index in [-0.39, 0.29) is 11.7 Å². The second-order valence-corrected chi connectivity index (χ2v) is 8.30. The van der Waals surface area contributed by atoms with E-state index in [2.05, 4.69) is 24.8 Å². The maximum absolute atomic E-state index is 14.1. The van der Waals surface area contributed by atoms with E-state index >= 15 is 0 Å². The average molecular weight is 451 g/mol. The first-order valence-electron chi connectivity index (χ1n) is 11.4. The highest BCUT2D eigenvalue weighted by molar-refractivity contribution is 5.32. The normalized spacial score (nSPS) is 19.4. The fourth-order valence-electron chi connectivity index (χ4n) is 4.37. The first kappa shape index (κ1) is 21.7. The van der Waals surface area contributed by atoms with Gasteiger partial charge in [0.2, 0.25) is 11.8 Å². The average Bonchev–Trinajstić information content (AvgIpc) is 2.87. The number of anilines is 1. The third kappa shape index (κ3) is 5.26. The van der Waals surface area contributed by atoms with Crippen LogP contribution >= 0.6 is 0 Å². The molecule has 3 aromatic rings. The number of hydrogen-bond acceptors (Lipinski definition) is 8. The maximum Gasteiger partial charge on any atom is 0.241 e. The summed E-state index contributed by atoms with van der Waals surface area (Å²) in [6.07, 6.45) is 7.08. The predicted molar refractivity (Wildman–Crippen MR) is 121 cm³/mol. The fraction of sp³-hybridized carbons (Fsp3) is 0.417. The minimum absolute atomic E-state index is 0.148. The lowest BCUT2D eigenvalue weighted by atomic mass is 9.94. The summed E-state index contributed by atoms with van der Waals surface area (Å²) in [5.74, 6) is 1.02. The lowest BCUT2D eigenvalue weighted by Gasteiger charge is -2.32. The number of nitrogens with zero attached hydrogens (tertiary/aromatic N) is 6. The van der Waals surface area contributed by atoms with Crippen molar-refractivity contribution in [2.75, 3.05) is 44.3 Å². The Morgan fingerprint density at radius 1 is 1.00 bits per heavy atom. The Kier molecular flexibility index (Phi) is 6.68. The molecule has 0 aliphatic carbocycles. The van der Waals surface area contributed by atoms with E-state index < -0.39 is 5.82 Å². The zero-order chi connectivity index (χ0) is 22.5. The first-order valence-corrected chi connectivity index (χ1v) is 11.4. The number of piperidine rings is 1. The molecular formula is C24H27FN6O2. The Hall–Kier alpha value is -3.17. The Balaban J connectivity index is 1.29. The number of ether oxygens (including phenoxy) is 2. The summed E-state index contributed by atoms with van der Waals surface area (Å²) in [6.45, 7) is 5.56. The van der Waals surface area contributed by atoms with Gasteiger partial charge in [-0.1, -0.05) is 12.1 Å². The summed E-state index contributed by atoms with van der Waals surface area (Å²) in [7, 11) is 0. The fourth-order valence-corrected chi connectivity index (χ4v) is 4.37. The van der Waals surface area contributed by atoms with E-state index in [9.17, 15) is 4.39 Å². The molecule has 0 saturated carbocycles. The lowest BCUT2D eigenvalue weighted by Crippen LogP contribution is -2.38. The number of aromatic nitrogens is 4. The van der Waals surface area contributed by atoms with Crippen molar-refractivity contribution in [3.63, 3.8) is 0 Å². The number of benzene rings is 1. The first-order chi connectivity index (χ1) is 16.3. The molecule has 0 unspecified atom stereocenters. The number of morpholine rings is 1. The molecular weight excluding hydrogens is 423 g/mol. The maximum atomic E-state index is 14.1. The van der Waals surface area contributed by atoms with Crippen LogP contribution in [0.5, 0.6) is 11.6 Å². The van der Waals surface area contributed by atoms with Crippen LogP contribution in [-0.2, 0) is 11.3 Å². The summed E-state index contributed by atoms with van der Waals surface area (Å²) in [5, 5.41) is 0. The highest BCUT2D eigenvalue weighted by Gasteiger charge is 2.27. The topological polar surface area (TPSA) is 76.5 Å². The molecule has 2 aliphatic rings. The molecule has 2 aliphatic heterocycles. The van der Waals surface area contributed by atoms with Crippen molar-refractivity contribution < 1.29 is 13.9 Å². The SMILES string of the molecule is Fc1ccccc1Oc1nccnc1[C@@H]1CCCN(Cc2ccnc(N3CCOCC3)n2)C1. The smallest absolute Gasteiger partial charge is 0.241 e. The summed E-state index contributed by atoms with van der Waals surface area (Å²) in [5.41, 5.74) is 1.76. The second-order valence-electron chi connectivity index (χ2n) is 8.30. The van der Waals surface area contributed by atoms with Crippen LogP contribution in [-0.4, -0.2) is 64.2 Å². The van der Waals surface area contributed by atoms with Gasteiger partial charge < -0.3 is 14.4 Å². The third-order valence-electron chi connectivity index (χ3n) is 6.01. The monoisotopic (exact) mass is 450 g/mol. The van der Waals surface area contributed by atoms with Crippen molar-refractivity contribution in [3.8, 4) is 11.6 Å². The van der Waals surface area contributed by atoms with Gasteiger partial charge in [-0.05, 0) is 37.6 Å². The molecule has 4 heterocycles. The molecule has 172 valence electrons. The third-order valence-corrected chi connectivity index (χ3v) is 6.01. The van der Waals surface area contributed by atoms with Gasteiger partial charge in [-0.25, -0.2) is 19.3 Å². The van der Waals surface area contributed by atoms with Gasteiger partial charge in [-0.3, -0.25) is 9.88 Å². The van der Waals surface area contributed by atoms with Gasteiger partial charge in [-0.2, -0.15) is 0 Å². The van der Waals surface area contributed by atoms with Crippen LogP contribution in [0.15, 0.2) is 48.9 Å². The largest absolute Gasteiger partial charge is 0.434 e. The van der Waals surface area contributed by atoms with E-state index in [0.29, 0.717) is 19.1 Å². The molecule has 33 heavy (non-hydrogen) atoms. The molecule has 0 bridgehead atoms. The quantitative estimate of drug-likeness (QED) is 0.566. The van der Waals surface area contributed by atoms with E-state index in [1.165, 1.54) is 6.07 Å². The molecule has 8 nitrogen and oxygen atoms in total. The minimum atomic E-state index is -0.417. The Morgan fingerprint density at radius 3 is 2.73 bits per heavy atom. The lowest BCUT2D eigenvalue weighted by molar-refractivity contribution is 0.122. The Morgan fingerprint density at radius 2 is 1.85 bits per heavy atom. The van der Waals surface area contributed by atoms with E-state index in [0.717, 1.165) is 62.9 Å². The van der Waals surface area contributed by atoms with Gasteiger partial charge in [0.1, 0.15) is 5.69 Å². The van der Waals surface area contributed by atoms with Crippen LogP contribution in [0.3, 0.4) is 0 Å². The van der Waals surface area contributed by atoms with Gasteiger partial charge in [0.15, 0.2) is 11.6 Å². The summed E-state index contributed by atoms with van der Waals surface area (Å²) >= 11 is 0. The molecule has 2 saturated heterocycles. The zero-order valence-electron chi connectivity index (χ0n) is 18.4. The van der Waals surface area contributed by atoms with Crippen LogP contribution in [0.25, 0.3) is 0 Å². The van der Waals surface area contributed by atoms with E-state index in [1.807, 2.05) is 12.3 Å². The number of hydrogen-bond donors (Lipinski definition) is 0. The number of para-hydroxylation sites is 1. The predicted octanol–water partition coefficient (Wildman–Crippen LogP) is 3.41. The van der Waals surface area contributed by atoms with Crippen molar-refractivity contribution in [2.24, 2.45) is 0 Å². The van der Waals surface area contributed by atoms with Crippen molar-refractivity contribution in [1.29, 1.82) is 0 Å². The van der Waals surface area contributed by atoms with Crippen molar-refractivity contribution in [2.45, 2.75) is 25.3 Å². The molecule has 0 spiro atoms. The summed E-state index contributed by atoms with van der Waals surface area (Å²) < 4.78 is 25.4. The van der Waals surface area contributed by atoms with Crippen LogP contribution in [0.4, 0.5) is 10.3 Å². The van der Waals surface area contributed by atoms with Gasteiger partial charge in [-0.15, -0.1) is 0 Å². The van der Waals surface area contributed by atoms with Gasteiger partial charge in [0.25, 0.3) is 0 Å². The summed E-state index contributed by atoms with van der Waals surface area (Å²) in [6, 6.07) is 8.32. The molecule has 0 amide bonds. The molecule has 5 rings (SSSR count). The number of likely N-dealkylation sites (tertiary alicyclic amines) is 1. The molecule has 2 fully saturated rings. The highest BCUT2D eigenvalue weighted by atomic mass is 19.1. The standard InChI is InChI=1S/C24H27FN6O2/c25-20-5-1-2-6-21(20)33-23-22(26-9-10-27-23)18-4-3-11-30(16-18)17-19-7-8-28-24(29-19)31-12-14-32-15-13-31/h1-2,5-10,18H,3-4,11-17H2/t18-/m1/s1. The van der Waals surface area contributed by atoms with Crippen LogP contribution in [0, 0.1) is 5.82 Å². The Labute approximate surface area is 192 Å². The zero-order valence-corrected chi connectivity index (χ0v) is 18.4. The van der Waals surface area contributed by atoms with Crippen molar-refractivity contribution >= 4 is 5.95 Å². The van der Waals surface area contributed by atoms with E-state index in [4.69, 9.17) is 14.5 Å². The molecule has 0 radical (unpaired) electrons. The van der Waals surface area contributed by atoms with Gasteiger partial charge >= 0.3 is 0 Å². The van der Waals surface area contributed by atoms with Crippen molar-refractivity contribution in [1.82, 2.24) is 24.8 Å². The number of halogens is 1. The number of rotatable bonds is 6. The second kappa shape index (κ2) is 10.2. The molecule has 0 N–H and O–H groups in total. The molecule has 1 atom stereocenters. The molecule has 9 heteroatoms. The van der Waals surface area contributed by atoms with Crippen LogP contribution in [0.1, 0.15) is 30.1 Å². The van der Waals surface area contributed by atoms with Crippen LogP contribution in [0.2, 0.25) is 0 Å². The van der Waals surface area contributed by atoms with Crippen molar-refractivity contribution in [3.05, 3.63) is 66.1 Å². The van der Waals surface area contributed by atoms with Gasteiger partial charge in [0, 0.05) is 50.7 Å². The molecule has 2 aromatic heterocycles. The van der Waals surface area contributed by atoms with Gasteiger partial charge in [0.05, 0.1) is 18.9 Å². The highest BCUT2D eigenvalue weighted by Crippen LogP contribution is 2.33. The molecule has 1 aromatic carbocycles. The van der Waals surface area contributed by atoms with Crippen LogP contribution < -0.4 is 9.64 Å². The Bertz CT molecular complexity index is 1080. The van der Waals surface area contributed by atoms with E-state index in [1.54, 1.807) is 30.6 Å². The summed E-state index contributed by atoms with van der Waals surface area (Å²) in [4.78, 5) is 22.7. The minimum Gasteiger partial charge on any atom is -0.434 e.